The number of hydrogen-bond acceptors (Lipinski definition) is 5. The maximum atomic E-state index is 12.7. The third-order valence-corrected chi connectivity index (χ3v) is 3.67. The minimum Gasteiger partial charge on any atom is -0.475 e. The van der Waals surface area contributed by atoms with Crippen molar-refractivity contribution in [2.45, 2.75) is 18.6 Å². The van der Waals surface area contributed by atoms with Crippen LogP contribution in [-0.2, 0) is 4.74 Å². The first kappa shape index (κ1) is 19.3. The summed E-state index contributed by atoms with van der Waals surface area (Å²) in [5.41, 5.74) is 0.439. The molecular weight excluding hydrogens is 341 g/mol. The van der Waals surface area contributed by atoms with E-state index in [1.807, 2.05) is 0 Å². The van der Waals surface area contributed by atoms with E-state index in [4.69, 9.17) is 9.47 Å². The van der Waals surface area contributed by atoms with Crippen molar-refractivity contribution in [3.05, 3.63) is 18.3 Å². The Morgan fingerprint density at radius 1 is 1.40 bits per heavy atom. The molecular formula is C15H21F3N4O3. The minimum atomic E-state index is -4.31. The van der Waals surface area contributed by atoms with Crippen LogP contribution < -0.4 is 15.4 Å². The van der Waals surface area contributed by atoms with E-state index in [0.29, 0.717) is 24.8 Å². The lowest BCUT2D eigenvalue weighted by atomic mass is 10.2. The van der Waals surface area contributed by atoms with Crippen molar-refractivity contribution in [3.63, 3.8) is 0 Å². The Morgan fingerprint density at radius 2 is 2.20 bits per heavy atom. The number of amides is 2. The number of methoxy groups -OCH3 is 1. The molecule has 2 N–H and O–H groups in total. The number of ether oxygens (including phenoxy) is 2. The van der Waals surface area contributed by atoms with E-state index < -0.39 is 18.2 Å². The maximum absolute atomic E-state index is 12.7. The SMILES string of the molecule is COCCOc1ccc(NC(=O)N2CCNC(C(F)(F)F)CC2)cn1. The fourth-order valence-electron chi connectivity index (χ4n) is 2.33. The lowest BCUT2D eigenvalue weighted by Gasteiger charge is -2.21. The Morgan fingerprint density at radius 3 is 2.84 bits per heavy atom. The molecule has 10 heteroatoms. The van der Waals surface area contributed by atoms with Crippen LogP contribution >= 0.6 is 0 Å². The van der Waals surface area contributed by atoms with Gasteiger partial charge in [0.25, 0.3) is 0 Å². The van der Waals surface area contributed by atoms with Crippen molar-refractivity contribution >= 4 is 11.7 Å². The fraction of sp³-hybridized carbons (Fsp3) is 0.600. The summed E-state index contributed by atoms with van der Waals surface area (Å²) in [5, 5.41) is 5.04. The highest BCUT2D eigenvalue weighted by atomic mass is 19.4. The molecule has 0 saturated carbocycles. The predicted molar refractivity (Wildman–Crippen MR) is 84.7 cm³/mol. The summed E-state index contributed by atoms with van der Waals surface area (Å²) in [7, 11) is 1.56. The first-order chi connectivity index (χ1) is 11.9. The first-order valence-electron chi connectivity index (χ1n) is 7.84. The molecule has 2 rings (SSSR count). The monoisotopic (exact) mass is 362 g/mol. The molecule has 7 nitrogen and oxygen atoms in total. The van der Waals surface area contributed by atoms with E-state index in [1.165, 1.54) is 11.1 Å². The summed E-state index contributed by atoms with van der Waals surface area (Å²) in [5.74, 6) is 0.391. The highest BCUT2D eigenvalue weighted by Gasteiger charge is 2.40. The number of urea groups is 1. The smallest absolute Gasteiger partial charge is 0.403 e. The molecule has 0 aromatic carbocycles. The molecule has 1 atom stereocenters. The standard InChI is InChI=1S/C15H21F3N4O3/c1-24-8-9-25-13-3-2-11(10-20-13)21-14(23)22-6-4-12(15(16,17)18)19-5-7-22/h2-3,10,12,19H,4-9H2,1H3,(H,21,23). The topological polar surface area (TPSA) is 75.7 Å². The molecule has 1 aliphatic rings. The van der Waals surface area contributed by atoms with E-state index in [0.717, 1.165) is 0 Å². The van der Waals surface area contributed by atoms with Crippen LogP contribution in [0.1, 0.15) is 6.42 Å². The van der Waals surface area contributed by atoms with Gasteiger partial charge in [-0.2, -0.15) is 13.2 Å². The van der Waals surface area contributed by atoms with Crippen molar-refractivity contribution in [1.29, 1.82) is 0 Å². The van der Waals surface area contributed by atoms with Crippen LogP contribution in [0.4, 0.5) is 23.7 Å². The highest BCUT2D eigenvalue weighted by Crippen LogP contribution is 2.24. The Hall–Kier alpha value is -2.07. The van der Waals surface area contributed by atoms with Crippen molar-refractivity contribution in [2.75, 3.05) is 45.3 Å². The van der Waals surface area contributed by atoms with Crippen LogP contribution in [0.3, 0.4) is 0 Å². The van der Waals surface area contributed by atoms with E-state index in [9.17, 15) is 18.0 Å². The summed E-state index contributed by atoms with van der Waals surface area (Å²) in [6.45, 7) is 1.10. The number of anilines is 1. The minimum absolute atomic E-state index is 0.0225. The average molecular weight is 362 g/mol. The van der Waals surface area contributed by atoms with Gasteiger partial charge in [-0.05, 0) is 12.5 Å². The van der Waals surface area contributed by atoms with Crippen molar-refractivity contribution in [3.8, 4) is 5.88 Å². The van der Waals surface area contributed by atoms with Gasteiger partial charge in [-0.3, -0.25) is 0 Å². The number of pyridine rings is 1. The van der Waals surface area contributed by atoms with Crippen LogP contribution in [0.5, 0.6) is 5.88 Å². The van der Waals surface area contributed by atoms with Gasteiger partial charge in [-0.25, -0.2) is 9.78 Å². The summed E-state index contributed by atoms with van der Waals surface area (Å²) < 4.78 is 48.4. The molecule has 1 aromatic heterocycles. The van der Waals surface area contributed by atoms with Crippen LogP contribution in [0, 0.1) is 0 Å². The van der Waals surface area contributed by atoms with E-state index in [-0.39, 0.29) is 26.1 Å². The van der Waals surface area contributed by atoms with Gasteiger partial charge >= 0.3 is 12.2 Å². The lowest BCUT2D eigenvalue weighted by molar-refractivity contribution is -0.156. The molecule has 1 aromatic rings. The molecule has 1 fully saturated rings. The van der Waals surface area contributed by atoms with Crippen molar-refractivity contribution in [2.24, 2.45) is 0 Å². The van der Waals surface area contributed by atoms with Gasteiger partial charge in [0.05, 0.1) is 18.5 Å². The number of nitrogens with zero attached hydrogens (tertiary/aromatic N) is 2. The van der Waals surface area contributed by atoms with E-state index in [2.05, 4.69) is 15.6 Å². The van der Waals surface area contributed by atoms with Crippen molar-refractivity contribution in [1.82, 2.24) is 15.2 Å². The molecule has 0 bridgehead atoms. The van der Waals surface area contributed by atoms with Gasteiger partial charge < -0.3 is 25.0 Å². The molecule has 0 aliphatic carbocycles. The van der Waals surface area contributed by atoms with E-state index in [1.54, 1.807) is 19.2 Å². The number of hydrogen-bond donors (Lipinski definition) is 2. The Kier molecular flexibility index (Phi) is 6.82. The summed E-state index contributed by atoms with van der Waals surface area (Å²) in [4.78, 5) is 17.6. The zero-order chi connectivity index (χ0) is 18.3. The van der Waals surface area contributed by atoms with Crippen LogP contribution in [0.25, 0.3) is 0 Å². The Balaban J connectivity index is 1.85. The molecule has 1 saturated heterocycles. The van der Waals surface area contributed by atoms with Gasteiger partial charge in [0.15, 0.2) is 0 Å². The highest BCUT2D eigenvalue weighted by molar-refractivity contribution is 5.89. The van der Waals surface area contributed by atoms with Gasteiger partial charge in [-0.1, -0.05) is 0 Å². The van der Waals surface area contributed by atoms with Gasteiger partial charge in [0.2, 0.25) is 5.88 Å². The Labute approximate surface area is 143 Å². The number of carbonyl (C=O) groups is 1. The summed E-state index contributed by atoms with van der Waals surface area (Å²) in [6.07, 6.45) is -3.06. The fourth-order valence-corrected chi connectivity index (χ4v) is 2.33. The molecule has 25 heavy (non-hydrogen) atoms. The Bertz CT molecular complexity index is 554. The number of carbonyl (C=O) groups excluding carboxylic acids is 1. The maximum Gasteiger partial charge on any atom is 0.403 e. The largest absolute Gasteiger partial charge is 0.475 e. The predicted octanol–water partition coefficient (Wildman–Crippen LogP) is 1.86. The van der Waals surface area contributed by atoms with Gasteiger partial charge in [0, 0.05) is 32.8 Å². The molecule has 1 aliphatic heterocycles. The normalized spacial score (nSPS) is 18.6. The van der Waals surface area contributed by atoms with Crippen LogP contribution in [-0.4, -0.2) is 68.1 Å². The zero-order valence-electron chi connectivity index (χ0n) is 13.8. The summed E-state index contributed by atoms with van der Waals surface area (Å²) >= 11 is 0. The number of halogens is 3. The van der Waals surface area contributed by atoms with Gasteiger partial charge in [0.1, 0.15) is 12.6 Å². The number of aromatic nitrogens is 1. The second-order valence-corrected chi connectivity index (χ2v) is 5.48. The molecule has 0 radical (unpaired) electrons. The van der Waals surface area contributed by atoms with Crippen LogP contribution in [0.15, 0.2) is 18.3 Å². The molecule has 140 valence electrons. The van der Waals surface area contributed by atoms with Gasteiger partial charge in [-0.15, -0.1) is 0 Å². The molecule has 1 unspecified atom stereocenters. The third-order valence-electron chi connectivity index (χ3n) is 3.67. The average Bonchev–Trinajstić information content (AvgIpc) is 2.83. The molecule has 0 spiro atoms. The molecule has 2 amide bonds. The van der Waals surface area contributed by atoms with Crippen LogP contribution in [0.2, 0.25) is 0 Å². The molecule has 2 heterocycles. The third kappa shape index (κ3) is 6.05. The van der Waals surface area contributed by atoms with Crippen molar-refractivity contribution < 1.29 is 27.4 Å². The quantitative estimate of drug-likeness (QED) is 0.782. The van der Waals surface area contributed by atoms with E-state index >= 15 is 0 Å². The second kappa shape index (κ2) is 8.86. The summed E-state index contributed by atoms with van der Waals surface area (Å²) in [6, 6.07) is 1.16. The second-order valence-electron chi connectivity index (χ2n) is 5.48. The lowest BCUT2D eigenvalue weighted by Crippen LogP contribution is -2.42. The number of alkyl halides is 3. The first-order valence-corrected chi connectivity index (χ1v) is 7.84. The zero-order valence-corrected chi connectivity index (χ0v) is 13.8. The number of nitrogens with one attached hydrogen (secondary N) is 2. The number of rotatable bonds is 5.